The molecule has 0 saturated carbocycles. The monoisotopic (exact) mass is 488 g/mol. The Balaban J connectivity index is 3.91. The van der Waals surface area contributed by atoms with Gasteiger partial charge >= 0.3 is 11.9 Å². The van der Waals surface area contributed by atoms with Crippen LogP contribution in [-0.2, 0) is 23.9 Å². The van der Waals surface area contributed by atoms with Crippen LogP contribution in [0.1, 0.15) is 72.1 Å². The minimum Gasteiger partial charge on any atom is -0.468 e. The van der Waals surface area contributed by atoms with Gasteiger partial charge in [0, 0.05) is 6.42 Å². The Kier molecular flexibility index (Phi) is 19.8. The van der Waals surface area contributed by atoms with Crippen molar-refractivity contribution in [2.24, 2.45) is 5.73 Å². The van der Waals surface area contributed by atoms with Gasteiger partial charge in [-0.3, -0.25) is 9.59 Å². The van der Waals surface area contributed by atoms with E-state index in [0.717, 1.165) is 38.5 Å². The van der Waals surface area contributed by atoms with E-state index in [4.69, 9.17) is 10.5 Å². The normalized spacial score (nSPS) is 14.8. The van der Waals surface area contributed by atoms with Gasteiger partial charge in [-0.15, -0.1) is 0 Å². The van der Waals surface area contributed by atoms with Gasteiger partial charge in [0.15, 0.2) is 0 Å². The highest BCUT2D eigenvalue weighted by Crippen LogP contribution is 2.03. The zero-order chi connectivity index (χ0) is 26.3. The van der Waals surface area contributed by atoms with E-state index in [-0.39, 0.29) is 5.91 Å². The van der Waals surface area contributed by atoms with Crippen LogP contribution in [0.2, 0.25) is 0 Å². The summed E-state index contributed by atoms with van der Waals surface area (Å²) in [5.74, 6) is -1.55. The predicted octanol–water partition coefficient (Wildman–Crippen LogP) is 4.84. The van der Waals surface area contributed by atoms with E-state index < -0.39 is 30.1 Å². The van der Waals surface area contributed by atoms with Crippen molar-refractivity contribution in [3.05, 3.63) is 60.8 Å². The van der Waals surface area contributed by atoms with Crippen molar-refractivity contribution in [1.82, 2.24) is 5.32 Å². The van der Waals surface area contributed by atoms with Gasteiger partial charge in [-0.2, -0.15) is 0 Å². The van der Waals surface area contributed by atoms with Crippen LogP contribution in [-0.4, -0.2) is 43.1 Å². The maximum atomic E-state index is 12.1. The van der Waals surface area contributed by atoms with E-state index in [9.17, 15) is 14.4 Å². The second kappa shape index (κ2) is 21.6. The highest BCUT2D eigenvalue weighted by Gasteiger charge is 2.27. The molecule has 7 heteroatoms. The number of nitrogens with one attached hydrogen (secondary N) is 1. The molecule has 3 unspecified atom stereocenters. The van der Waals surface area contributed by atoms with Gasteiger partial charge in [0.25, 0.3) is 0 Å². The summed E-state index contributed by atoms with van der Waals surface area (Å²) in [7, 11) is 1.21. The smallest absolute Gasteiger partial charge is 0.328 e. The molecule has 0 rings (SSSR count). The summed E-state index contributed by atoms with van der Waals surface area (Å²) in [5.41, 5.74) is 5.64. The van der Waals surface area contributed by atoms with Gasteiger partial charge in [-0.25, -0.2) is 4.79 Å². The minimum atomic E-state index is -1.07. The molecule has 0 heterocycles. The summed E-state index contributed by atoms with van der Waals surface area (Å²) in [4.78, 5) is 35.5. The maximum absolute atomic E-state index is 12.1. The van der Waals surface area contributed by atoms with Gasteiger partial charge in [-0.1, -0.05) is 67.7 Å². The summed E-state index contributed by atoms with van der Waals surface area (Å²) in [6.45, 7) is 5.16. The Morgan fingerprint density at radius 3 is 1.77 bits per heavy atom. The molecule has 0 aliphatic heterocycles. The summed E-state index contributed by atoms with van der Waals surface area (Å²) in [5, 5.41) is 2.60. The van der Waals surface area contributed by atoms with Crippen molar-refractivity contribution in [3.63, 3.8) is 0 Å². The number of allylic oxidation sites excluding steroid dienone is 10. The van der Waals surface area contributed by atoms with Gasteiger partial charge < -0.3 is 20.5 Å². The number of hydrogen-bond acceptors (Lipinski definition) is 6. The number of unbranched alkanes of at least 4 members (excludes halogenated alkanes) is 1. The number of esters is 2. The molecule has 0 radical (unpaired) electrons. The lowest BCUT2D eigenvalue weighted by atomic mass is 10.2. The van der Waals surface area contributed by atoms with Crippen LogP contribution in [0.25, 0.3) is 0 Å². The van der Waals surface area contributed by atoms with E-state index in [1.807, 2.05) is 0 Å². The SMILES string of the molecule is CCC=CCC=CCC=CCC=CCC=CCCCC(=O)NC(C)C(=O)OC(C)C(N)C(=O)OC. The zero-order valence-electron chi connectivity index (χ0n) is 21.8. The molecule has 1 amide bonds. The summed E-state index contributed by atoms with van der Waals surface area (Å²) in [6, 6.07) is -1.90. The molecule has 35 heavy (non-hydrogen) atoms. The van der Waals surface area contributed by atoms with E-state index in [2.05, 4.69) is 77.7 Å². The lowest BCUT2D eigenvalue weighted by Gasteiger charge is -2.21. The fourth-order valence-electron chi connectivity index (χ4n) is 2.81. The lowest BCUT2D eigenvalue weighted by Crippen LogP contribution is -2.47. The number of methoxy groups -OCH3 is 1. The first kappa shape index (κ1) is 32.1. The molecule has 196 valence electrons. The molecule has 0 bridgehead atoms. The Bertz CT molecular complexity index is 752. The maximum Gasteiger partial charge on any atom is 0.328 e. The third-order valence-corrected chi connectivity index (χ3v) is 4.94. The number of rotatable bonds is 18. The van der Waals surface area contributed by atoms with Crippen LogP contribution in [0.15, 0.2) is 60.8 Å². The molecule has 0 saturated heterocycles. The van der Waals surface area contributed by atoms with Gasteiger partial charge in [0.1, 0.15) is 18.2 Å². The number of hydrogen-bond donors (Lipinski definition) is 2. The van der Waals surface area contributed by atoms with Crippen molar-refractivity contribution in [3.8, 4) is 0 Å². The van der Waals surface area contributed by atoms with Gasteiger partial charge in [0.2, 0.25) is 5.91 Å². The second-order valence-corrected chi connectivity index (χ2v) is 8.08. The minimum absolute atomic E-state index is 0.230. The number of carbonyl (C=O) groups is 3. The van der Waals surface area contributed by atoms with Crippen molar-refractivity contribution in [2.45, 2.75) is 90.3 Å². The fourth-order valence-corrected chi connectivity index (χ4v) is 2.81. The molecule has 0 fully saturated rings. The average Bonchev–Trinajstić information content (AvgIpc) is 2.84. The lowest BCUT2D eigenvalue weighted by molar-refractivity contribution is -0.157. The zero-order valence-corrected chi connectivity index (χ0v) is 21.8. The van der Waals surface area contributed by atoms with Crippen LogP contribution in [0.5, 0.6) is 0 Å². The molecule has 0 aliphatic carbocycles. The number of carbonyl (C=O) groups excluding carboxylic acids is 3. The third-order valence-electron chi connectivity index (χ3n) is 4.94. The van der Waals surface area contributed by atoms with E-state index in [1.165, 1.54) is 21.0 Å². The molecule has 0 aromatic rings. The fraction of sp³-hybridized carbons (Fsp3) is 0.536. The summed E-state index contributed by atoms with van der Waals surface area (Å²) in [6.07, 6.45) is 27.2. The van der Waals surface area contributed by atoms with Crippen molar-refractivity contribution >= 4 is 17.8 Å². The molecular weight excluding hydrogens is 444 g/mol. The number of ether oxygens (including phenoxy) is 2. The summed E-state index contributed by atoms with van der Waals surface area (Å²) < 4.78 is 9.65. The molecule has 3 N–H and O–H groups in total. The van der Waals surface area contributed by atoms with Crippen LogP contribution < -0.4 is 11.1 Å². The quantitative estimate of drug-likeness (QED) is 0.162. The first-order chi connectivity index (χ1) is 16.8. The summed E-state index contributed by atoms with van der Waals surface area (Å²) >= 11 is 0. The first-order valence-corrected chi connectivity index (χ1v) is 12.4. The first-order valence-electron chi connectivity index (χ1n) is 12.4. The van der Waals surface area contributed by atoms with Gasteiger partial charge in [-0.05, 0) is 58.8 Å². The van der Waals surface area contributed by atoms with Crippen molar-refractivity contribution in [2.75, 3.05) is 7.11 Å². The van der Waals surface area contributed by atoms with Crippen LogP contribution in [0.3, 0.4) is 0 Å². The predicted molar refractivity (Wildman–Crippen MR) is 141 cm³/mol. The molecular formula is C28H44N2O5. The molecule has 0 aromatic heterocycles. The molecule has 7 nitrogen and oxygen atoms in total. The second-order valence-electron chi connectivity index (χ2n) is 8.08. The molecule has 0 spiro atoms. The Morgan fingerprint density at radius 1 is 0.800 bits per heavy atom. The topological polar surface area (TPSA) is 108 Å². The van der Waals surface area contributed by atoms with Crippen molar-refractivity contribution < 1.29 is 23.9 Å². The number of nitrogens with two attached hydrogens (primary N) is 1. The highest BCUT2D eigenvalue weighted by molar-refractivity contribution is 5.84. The van der Waals surface area contributed by atoms with Crippen LogP contribution >= 0.6 is 0 Å². The van der Waals surface area contributed by atoms with Crippen LogP contribution in [0, 0.1) is 0 Å². The van der Waals surface area contributed by atoms with E-state index in [1.54, 1.807) is 0 Å². The number of amides is 1. The van der Waals surface area contributed by atoms with Gasteiger partial charge in [0.05, 0.1) is 7.11 Å². The highest BCUT2D eigenvalue weighted by atomic mass is 16.6. The Hall–Kier alpha value is -2.93. The molecule has 0 aliphatic rings. The largest absolute Gasteiger partial charge is 0.468 e. The molecule has 3 atom stereocenters. The van der Waals surface area contributed by atoms with E-state index >= 15 is 0 Å². The standard InChI is InChI=1S/C28H44N2O5/c1-5-6-7-8-9-10-11-12-13-14-15-16-17-18-19-20-21-22-25(31)30-23(2)27(32)35-24(3)26(29)28(33)34-4/h6-7,9-10,12-13,15-16,18-19,23-24,26H,5,8,11,14,17,20-22,29H2,1-4H3,(H,30,31). The third kappa shape index (κ3) is 18.1. The van der Waals surface area contributed by atoms with E-state index in [0.29, 0.717) is 12.8 Å². The Morgan fingerprint density at radius 2 is 1.29 bits per heavy atom. The Labute approximate surface area is 211 Å². The average molecular weight is 489 g/mol. The van der Waals surface area contributed by atoms with Crippen LogP contribution in [0.4, 0.5) is 0 Å². The molecule has 0 aromatic carbocycles. The van der Waals surface area contributed by atoms with Crippen molar-refractivity contribution in [1.29, 1.82) is 0 Å².